The number of amides is 1. The van der Waals surface area contributed by atoms with Crippen molar-refractivity contribution >= 4 is 5.91 Å². The number of nitrogens with one attached hydrogen (secondary N) is 1. The molecule has 3 heteroatoms. The van der Waals surface area contributed by atoms with Crippen LogP contribution in [0.4, 0.5) is 0 Å². The first-order valence-electron chi connectivity index (χ1n) is 9.12. The van der Waals surface area contributed by atoms with Crippen molar-refractivity contribution in [3.63, 3.8) is 0 Å². The molecule has 3 nitrogen and oxygen atoms in total. The average Bonchev–Trinajstić information content (AvgIpc) is 2.52. The number of carbonyl (C=O) groups is 1. The fraction of sp³-hybridized carbons (Fsp3) is 0.500. The molecule has 1 N–H and O–H groups in total. The lowest BCUT2D eigenvalue weighted by molar-refractivity contribution is -0.137. The maximum atomic E-state index is 13.1. The van der Waals surface area contributed by atoms with Gasteiger partial charge in [-0.1, -0.05) is 42.5 Å². The summed E-state index contributed by atoms with van der Waals surface area (Å²) in [6, 6.07) is 10.5. The third-order valence-corrected chi connectivity index (χ3v) is 4.89. The van der Waals surface area contributed by atoms with Crippen LogP contribution >= 0.6 is 0 Å². The number of piperidine rings is 1. The average molecular weight is 341 g/mol. The van der Waals surface area contributed by atoms with Crippen LogP contribution in [0.1, 0.15) is 39.2 Å². The minimum Gasteiger partial charge on any atom is -0.335 e. The van der Waals surface area contributed by atoms with Crippen LogP contribution in [0.3, 0.4) is 0 Å². The Morgan fingerprint density at radius 3 is 2.32 bits per heavy atom. The Labute approximate surface area is 152 Å². The van der Waals surface area contributed by atoms with E-state index in [4.69, 9.17) is 0 Å². The van der Waals surface area contributed by atoms with Crippen molar-refractivity contribution in [2.24, 2.45) is 5.92 Å². The molecular weight excluding hydrogens is 308 g/mol. The maximum absolute atomic E-state index is 13.1. The molecule has 0 aromatic heterocycles. The summed E-state index contributed by atoms with van der Waals surface area (Å²) in [6.45, 7) is 15.3. The van der Waals surface area contributed by atoms with E-state index in [-0.39, 0.29) is 22.9 Å². The van der Waals surface area contributed by atoms with Gasteiger partial charge in [-0.2, -0.15) is 0 Å². The van der Waals surface area contributed by atoms with Gasteiger partial charge < -0.3 is 10.2 Å². The van der Waals surface area contributed by atoms with Gasteiger partial charge in [-0.15, -0.1) is 13.2 Å². The first-order chi connectivity index (χ1) is 11.8. The summed E-state index contributed by atoms with van der Waals surface area (Å²) < 4.78 is 0. The van der Waals surface area contributed by atoms with Gasteiger partial charge in [-0.3, -0.25) is 4.79 Å². The van der Waals surface area contributed by atoms with Crippen molar-refractivity contribution in [2.45, 2.75) is 51.1 Å². The molecule has 1 aliphatic rings. The van der Waals surface area contributed by atoms with Gasteiger partial charge in [0.1, 0.15) is 0 Å². The molecule has 1 aromatic rings. The molecule has 2 atom stereocenters. The van der Waals surface area contributed by atoms with Crippen molar-refractivity contribution in [1.29, 1.82) is 0 Å². The highest BCUT2D eigenvalue weighted by Gasteiger charge is 2.43. The zero-order valence-electron chi connectivity index (χ0n) is 15.9. The highest BCUT2D eigenvalue weighted by molar-refractivity contribution is 5.79. The third kappa shape index (κ3) is 5.30. The summed E-state index contributed by atoms with van der Waals surface area (Å²) in [6.07, 6.45) is 6.19. The summed E-state index contributed by atoms with van der Waals surface area (Å²) in [5.74, 6) is 0.235. The fourth-order valence-corrected chi connectivity index (χ4v) is 4.31. The second-order valence-corrected chi connectivity index (χ2v) is 8.16. The number of hydrogen-bond acceptors (Lipinski definition) is 2. The van der Waals surface area contributed by atoms with Crippen molar-refractivity contribution in [3.8, 4) is 0 Å². The van der Waals surface area contributed by atoms with E-state index < -0.39 is 0 Å². The van der Waals surface area contributed by atoms with Crippen LogP contribution in [0.2, 0.25) is 0 Å². The predicted molar refractivity (Wildman–Crippen MR) is 105 cm³/mol. The van der Waals surface area contributed by atoms with Gasteiger partial charge in [0.25, 0.3) is 0 Å². The minimum atomic E-state index is -0.0997. The lowest BCUT2D eigenvalue weighted by Gasteiger charge is -2.48. The minimum absolute atomic E-state index is 0.0184. The van der Waals surface area contributed by atoms with Gasteiger partial charge in [0.05, 0.1) is 0 Å². The van der Waals surface area contributed by atoms with Crippen LogP contribution in [0, 0.1) is 5.92 Å². The van der Waals surface area contributed by atoms with Crippen LogP contribution in [-0.2, 0) is 11.2 Å². The molecule has 25 heavy (non-hydrogen) atoms. The highest BCUT2D eigenvalue weighted by Crippen LogP contribution is 2.36. The Kier molecular flexibility index (Phi) is 6.23. The van der Waals surface area contributed by atoms with Gasteiger partial charge in [0.15, 0.2) is 0 Å². The molecular formula is C22H32N2O. The molecule has 0 bridgehead atoms. The Bertz CT molecular complexity index is 598. The highest BCUT2D eigenvalue weighted by atomic mass is 16.2. The van der Waals surface area contributed by atoms with E-state index in [0.29, 0.717) is 13.1 Å². The SMILES string of the molecule is C=CCN(CC=C)C(=O)C1CC(C)(C)NC(C)(Cc2ccccc2)C1. The Morgan fingerprint density at radius 2 is 1.76 bits per heavy atom. The summed E-state index contributed by atoms with van der Waals surface area (Å²) in [7, 11) is 0. The second-order valence-electron chi connectivity index (χ2n) is 8.16. The number of benzene rings is 1. The van der Waals surface area contributed by atoms with Crippen LogP contribution in [-0.4, -0.2) is 35.0 Å². The quantitative estimate of drug-likeness (QED) is 0.762. The topological polar surface area (TPSA) is 32.3 Å². The van der Waals surface area contributed by atoms with Crippen LogP contribution in [0.15, 0.2) is 55.6 Å². The first kappa shape index (κ1) is 19.5. The summed E-state index contributed by atoms with van der Waals surface area (Å²) in [5, 5.41) is 3.79. The molecule has 1 heterocycles. The van der Waals surface area contributed by atoms with Gasteiger partial charge in [-0.05, 0) is 45.6 Å². The summed E-state index contributed by atoms with van der Waals surface area (Å²) >= 11 is 0. The number of carbonyl (C=O) groups excluding carboxylic acids is 1. The maximum Gasteiger partial charge on any atom is 0.226 e. The molecule has 2 rings (SSSR count). The molecule has 1 aromatic carbocycles. The Hall–Kier alpha value is -1.87. The predicted octanol–water partition coefficient (Wildman–Crippen LogP) is 3.97. The largest absolute Gasteiger partial charge is 0.335 e. The Morgan fingerprint density at radius 1 is 1.16 bits per heavy atom. The standard InChI is InChI=1S/C22H32N2O/c1-6-13-24(14-7-2)20(25)19-16-21(3,4)23-22(5,17-19)15-18-11-9-8-10-12-18/h6-12,19,23H,1-2,13-17H2,3-5H3. The molecule has 0 aliphatic carbocycles. The van der Waals surface area contributed by atoms with Crippen LogP contribution in [0.25, 0.3) is 0 Å². The van der Waals surface area contributed by atoms with Crippen molar-refractivity contribution in [1.82, 2.24) is 10.2 Å². The van der Waals surface area contributed by atoms with E-state index in [2.05, 4.69) is 63.5 Å². The van der Waals surface area contributed by atoms with Crippen molar-refractivity contribution in [2.75, 3.05) is 13.1 Å². The molecule has 0 radical (unpaired) electrons. The monoisotopic (exact) mass is 340 g/mol. The number of nitrogens with zero attached hydrogens (tertiary/aromatic N) is 1. The van der Waals surface area contributed by atoms with Gasteiger partial charge in [0, 0.05) is 30.1 Å². The molecule has 1 saturated heterocycles. The van der Waals surface area contributed by atoms with Crippen LogP contribution in [0.5, 0.6) is 0 Å². The van der Waals surface area contributed by atoms with Crippen molar-refractivity contribution < 1.29 is 4.79 Å². The summed E-state index contributed by atoms with van der Waals surface area (Å²) in [4.78, 5) is 15.0. The molecule has 1 aliphatic heterocycles. The molecule has 1 fully saturated rings. The summed E-state index contributed by atoms with van der Waals surface area (Å²) in [5.41, 5.74) is 1.13. The molecule has 1 amide bonds. The fourth-order valence-electron chi connectivity index (χ4n) is 4.31. The lowest BCUT2D eigenvalue weighted by atomic mass is 9.72. The molecule has 2 unspecified atom stereocenters. The van der Waals surface area contributed by atoms with E-state index in [1.807, 2.05) is 11.0 Å². The van der Waals surface area contributed by atoms with E-state index in [1.54, 1.807) is 12.2 Å². The van der Waals surface area contributed by atoms with Gasteiger partial charge >= 0.3 is 0 Å². The lowest BCUT2D eigenvalue weighted by Crippen LogP contribution is -2.62. The normalized spacial score (nSPS) is 25.2. The number of rotatable bonds is 7. The smallest absolute Gasteiger partial charge is 0.226 e. The number of hydrogen-bond donors (Lipinski definition) is 1. The zero-order chi connectivity index (χ0) is 18.5. The van der Waals surface area contributed by atoms with Crippen molar-refractivity contribution in [3.05, 3.63) is 61.2 Å². The van der Waals surface area contributed by atoms with Gasteiger partial charge in [-0.25, -0.2) is 0 Å². The molecule has 0 saturated carbocycles. The van der Waals surface area contributed by atoms with Crippen LogP contribution < -0.4 is 5.32 Å². The van der Waals surface area contributed by atoms with Gasteiger partial charge in [0.2, 0.25) is 5.91 Å². The van der Waals surface area contributed by atoms with E-state index >= 15 is 0 Å². The van der Waals surface area contributed by atoms with E-state index in [9.17, 15) is 4.79 Å². The second kappa shape index (κ2) is 8.01. The zero-order valence-corrected chi connectivity index (χ0v) is 15.9. The third-order valence-electron chi connectivity index (χ3n) is 4.89. The first-order valence-corrected chi connectivity index (χ1v) is 9.12. The van der Waals surface area contributed by atoms with E-state index in [1.165, 1.54) is 5.56 Å². The van der Waals surface area contributed by atoms with E-state index in [0.717, 1.165) is 19.3 Å². The Balaban J connectivity index is 2.20. The molecule has 0 spiro atoms. The molecule has 136 valence electrons.